The smallest absolute Gasteiger partial charge is 0.268 e. The van der Waals surface area contributed by atoms with Crippen LogP contribution in [0.5, 0.6) is 5.75 Å². The first-order chi connectivity index (χ1) is 11.0. The number of nitrogens with zero attached hydrogens (tertiary/aromatic N) is 2. The Hall–Kier alpha value is -2.08. The molecule has 6 nitrogen and oxygen atoms in total. The molecule has 23 heavy (non-hydrogen) atoms. The molecule has 2 heterocycles. The molecule has 0 unspecified atom stereocenters. The third kappa shape index (κ3) is 3.17. The normalized spacial score (nSPS) is 27.4. The number of amides is 2. The molecule has 124 valence electrons. The molecular formula is C17H22N2O4. The van der Waals surface area contributed by atoms with Crippen molar-refractivity contribution < 1.29 is 19.1 Å². The Labute approximate surface area is 136 Å². The van der Waals surface area contributed by atoms with Gasteiger partial charge in [-0.2, -0.15) is 0 Å². The van der Waals surface area contributed by atoms with Crippen molar-refractivity contribution >= 4 is 17.5 Å². The summed E-state index contributed by atoms with van der Waals surface area (Å²) in [6, 6.07) is 7.31. The zero-order valence-corrected chi connectivity index (χ0v) is 13.7. The second-order valence-corrected chi connectivity index (χ2v) is 6.21. The molecule has 6 heteroatoms. The van der Waals surface area contributed by atoms with E-state index < -0.39 is 6.10 Å². The summed E-state index contributed by atoms with van der Waals surface area (Å²) in [5, 5.41) is 0. The van der Waals surface area contributed by atoms with Crippen molar-refractivity contribution in [2.24, 2.45) is 0 Å². The van der Waals surface area contributed by atoms with Gasteiger partial charge < -0.3 is 14.4 Å². The molecule has 0 spiro atoms. The van der Waals surface area contributed by atoms with Crippen LogP contribution in [0.15, 0.2) is 24.3 Å². The molecule has 3 atom stereocenters. The Kier molecular flexibility index (Phi) is 4.26. The van der Waals surface area contributed by atoms with Gasteiger partial charge in [-0.1, -0.05) is 12.1 Å². The Morgan fingerprint density at radius 2 is 1.83 bits per heavy atom. The molecule has 0 aliphatic carbocycles. The monoisotopic (exact) mass is 318 g/mol. The number of rotatable bonds is 2. The lowest BCUT2D eigenvalue weighted by molar-refractivity contribution is -0.143. The summed E-state index contributed by atoms with van der Waals surface area (Å²) in [4.78, 5) is 28.4. The Balaban J connectivity index is 1.78. The number of ether oxygens (including phenoxy) is 2. The van der Waals surface area contributed by atoms with Crippen LogP contribution in [0.1, 0.15) is 20.8 Å². The second kappa shape index (κ2) is 6.20. The van der Waals surface area contributed by atoms with Crippen molar-refractivity contribution in [2.45, 2.75) is 39.1 Å². The van der Waals surface area contributed by atoms with Crippen molar-refractivity contribution in [2.75, 3.05) is 24.5 Å². The van der Waals surface area contributed by atoms with Crippen LogP contribution < -0.4 is 9.64 Å². The largest absolute Gasteiger partial charge is 0.479 e. The maximum atomic E-state index is 12.7. The van der Waals surface area contributed by atoms with E-state index in [4.69, 9.17) is 9.47 Å². The molecule has 1 aromatic rings. The summed E-state index contributed by atoms with van der Waals surface area (Å²) < 4.78 is 11.3. The van der Waals surface area contributed by atoms with Gasteiger partial charge in [-0.25, -0.2) is 0 Å². The van der Waals surface area contributed by atoms with Gasteiger partial charge in [-0.15, -0.1) is 0 Å². The third-order valence-electron chi connectivity index (χ3n) is 4.14. The van der Waals surface area contributed by atoms with Gasteiger partial charge in [0.05, 0.1) is 17.9 Å². The van der Waals surface area contributed by atoms with Gasteiger partial charge in [-0.3, -0.25) is 14.5 Å². The fourth-order valence-corrected chi connectivity index (χ4v) is 3.14. The van der Waals surface area contributed by atoms with E-state index in [-0.39, 0.29) is 30.6 Å². The van der Waals surface area contributed by atoms with Crippen LogP contribution in [0.4, 0.5) is 5.69 Å². The number of fused-ring (bicyclic) bond motifs is 1. The number of carbonyl (C=O) groups excluding carboxylic acids is 2. The third-order valence-corrected chi connectivity index (χ3v) is 4.14. The fourth-order valence-electron chi connectivity index (χ4n) is 3.14. The van der Waals surface area contributed by atoms with Crippen molar-refractivity contribution in [3.8, 4) is 5.75 Å². The summed E-state index contributed by atoms with van der Waals surface area (Å²) in [6.07, 6.45) is -0.566. The van der Waals surface area contributed by atoms with Crippen LogP contribution in [0.2, 0.25) is 0 Å². The highest BCUT2D eigenvalue weighted by Gasteiger charge is 2.34. The standard InChI is InChI=1S/C17H22N2O4/c1-11-8-18(9-12(2)22-11)16(20)10-19-14-6-4-5-7-15(14)23-13(3)17(19)21/h4-7,11-13H,8-10H2,1-3H3/t11-,12+,13-/m1/s1. The van der Waals surface area contributed by atoms with E-state index >= 15 is 0 Å². The Morgan fingerprint density at radius 3 is 2.52 bits per heavy atom. The van der Waals surface area contributed by atoms with Crippen molar-refractivity contribution in [3.05, 3.63) is 24.3 Å². The number of benzene rings is 1. The van der Waals surface area contributed by atoms with Gasteiger partial charge in [0.25, 0.3) is 5.91 Å². The summed E-state index contributed by atoms with van der Waals surface area (Å²) >= 11 is 0. The van der Waals surface area contributed by atoms with Crippen molar-refractivity contribution in [1.29, 1.82) is 0 Å². The van der Waals surface area contributed by atoms with Crippen LogP contribution in [-0.2, 0) is 14.3 Å². The molecule has 0 bridgehead atoms. The maximum absolute atomic E-state index is 12.7. The molecule has 2 amide bonds. The zero-order valence-electron chi connectivity index (χ0n) is 13.7. The van der Waals surface area contributed by atoms with Crippen LogP contribution in [0, 0.1) is 0 Å². The number of carbonyl (C=O) groups is 2. The minimum atomic E-state index is -0.583. The topological polar surface area (TPSA) is 59.1 Å². The van der Waals surface area contributed by atoms with E-state index in [1.807, 2.05) is 32.0 Å². The number of para-hydroxylation sites is 2. The minimum absolute atomic E-state index is 0.00861. The number of morpholine rings is 1. The van der Waals surface area contributed by atoms with Crippen LogP contribution in [0.3, 0.4) is 0 Å². The zero-order chi connectivity index (χ0) is 16.6. The molecule has 1 saturated heterocycles. The highest BCUT2D eigenvalue weighted by Crippen LogP contribution is 2.33. The number of hydrogen-bond donors (Lipinski definition) is 0. The first-order valence-corrected chi connectivity index (χ1v) is 7.96. The summed E-state index contributed by atoms with van der Waals surface area (Å²) in [6.45, 7) is 6.75. The van der Waals surface area contributed by atoms with E-state index in [1.165, 1.54) is 4.90 Å². The average molecular weight is 318 g/mol. The van der Waals surface area contributed by atoms with Gasteiger partial charge in [0, 0.05) is 13.1 Å². The highest BCUT2D eigenvalue weighted by atomic mass is 16.5. The van der Waals surface area contributed by atoms with E-state index in [1.54, 1.807) is 17.9 Å². The second-order valence-electron chi connectivity index (χ2n) is 6.21. The van der Waals surface area contributed by atoms with E-state index in [2.05, 4.69) is 0 Å². The highest BCUT2D eigenvalue weighted by molar-refractivity contribution is 6.03. The summed E-state index contributed by atoms with van der Waals surface area (Å²) in [5.41, 5.74) is 0.651. The SMILES string of the molecule is C[C@@H]1CN(C(=O)CN2C(=O)[C@@H](C)Oc3ccccc32)C[C@H](C)O1. The predicted molar refractivity (Wildman–Crippen MR) is 85.5 cm³/mol. The van der Waals surface area contributed by atoms with Crippen LogP contribution >= 0.6 is 0 Å². The predicted octanol–water partition coefficient (Wildman–Crippen LogP) is 1.44. The lowest BCUT2D eigenvalue weighted by Gasteiger charge is -2.38. The molecule has 0 saturated carbocycles. The van der Waals surface area contributed by atoms with Crippen molar-refractivity contribution in [1.82, 2.24) is 4.90 Å². The lowest BCUT2D eigenvalue weighted by atomic mass is 10.1. The summed E-state index contributed by atoms with van der Waals surface area (Å²) in [5.74, 6) is 0.381. The molecule has 1 aromatic carbocycles. The molecule has 0 radical (unpaired) electrons. The molecule has 3 rings (SSSR count). The first-order valence-electron chi connectivity index (χ1n) is 7.96. The molecule has 1 fully saturated rings. The fraction of sp³-hybridized carbons (Fsp3) is 0.529. The van der Waals surface area contributed by atoms with E-state index in [0.29, 0.717) is 24.5 Å². The van der Waals surface area contributed by atoms with Crippen LogP contribution in [-0.4, -0.2) is 54.7 Å². The maximum Gasteiger partial charge on any atom is 0.268 e. The molecule has 2 aliphatic heterocycles. The van der Waals surface area contributed by atoms with Gasteiger partial charge >= 0.3 is 0 Å². The Morgan fingerprint density at radius 1 is 1.17 bits per heavy atom. The molecule has 0 N–H and O–H groups in total. The van der Waals surface area contributed by atoms with Crippen LogP contribution in [0.25, 0.3) is 0 Å². The van der Waals surface area contributed by atoms with E-state index in [0.717, 1.165) is 0 Å². The Bertz CT molecular complexity index is 608. The molecular weight excluding hydrogens is 296 g/mol. The quantitative estimate of drug-likeness (QED) is 0.828. The lowest BCUT2D eigenvalue weighted by Crippen LogP contribution is -2.54. The molecule has 2 aliphatic rings. The molecule has 0 aromatic heterocycles. The van der Waals surface area contributed by atoms with E-state index in [9.17, 15) is 9.59 Å². The number of anilines is 1. The average Bonchev–Trinajstić information content (AvgIpc) is 2.50. The summed E-state index contributed by atoms with van der Waals surface area (Å²) in [7, 11) is 0. The van der Waals surface area contributed by atoms with Gasteiger partial charge in [-0.05, 0) is 32.9 Å². The first kappa shape index (κ1) is 15.8. The van der Waals surface area contributed by atoms with Gasteiger partial charge in [0.2, 0.25) is 5.91 Å². The van der Waals surface area contributed by atoms with Gasteiger partial charge in [0.15, 0.2) is 6.10 Å². The number of hydrogen-bond acceptors (Lipinski definition) is 4. The van der Waals surface area contributed by atoms with Crippen molar-refractivity contribution in [3.63, 3.8) is 0 Å². The minimum Gasteiger partial charge on any atom is -0.479 e. The van der Waals surface area contributed by atoms with Gasteiger partial charge in [0.1, 0.15) is 12.3 Å².